The molecule has 0 saturated heterocycles. The van der Waals surface area contributed by atoms with Crippen LogP contribution in [-0.2, 0) is 26.2 Å². The van der Waals surface area contributed by atoms with Gasteiger partial charge in [0.05, 0.1) is 11.9 Å². The van der Waals surface area contributed by atoms with E-state index in [1.165, 1.54) is 4.90 Å². The monoisotopic (exact) mass is 585 g/mol. The molecule has 36 heavy (non-hydrogen) atoms. The maximum absolute atomic E-state index is 13.9. The predicted octanol–water partition coefficient (Wildman–Crippen LogP) is 4.36. The van der Waals surface area contributed by atoms with Gasteiger partial charge < -0.3 is 10.2 Å². The van der Waals surface area contributed by atoms with E-state index < -0.39 is 40.2 Å². The Morgan fingerprint density at radius 3 is 2.39 bits per heavy atom. The predicted molar refractivity (Wildman–Crippen MR) is 138 cm³/mol. The number of nitrogens with one attached hydrogen (secondary N) is 1. The number of anilines is 1. The van der Waals surface area contributed by atoms with Crippen molar-refractivity contribution < 1.29 is 26.8 Å². The van der Waals surface area contributed by atoms with Crippen molar-refractivity contribution in [2.75, 3.05) is 17.1 Å². The molecule has 1 aliphatic carbocycles. The van der Waals surface area contributed by atoms with Gasteiger partial charge in [0.15, 0.2) is 11.6 Å². The van der Waals surface area contributed by atoms with Crippen molar-refractivity contribution >= 4 is 43.5 Å². The van der Waals surface area contributed by atoms with Gasteiger partial charge in [-0.3, -0.25) is 13.9 Å². The lowest BCUT2D eigenvalue weighted by Gasteiger charge is -2.33. The van der Waals surface area contributed by atoms with Crippen molar-refractivity contribution in [3.8, 4) is 0 Å². The lowest BCUT2D eigenvalue weighted by atomic mass is 9.95. The Labute approximate surface area is 219 Å². The van der Waals surface area contributed by atoms with E-state index in [2.05, 4.69) is 21.2 Å². The number of amides is 2. The average Bonchev–Trinajstić information content (AvgIpc) is 2.82. The van der Waals surface area contributed by atoms with Crippen LogP contribution >= 0.6 is 15.9 Å². The molecule has 0 aliphatic heterocycles. The van der Waals surface area contributed by atoms with Crippen LogP contribution in [0.2, 0.25) is 0 Å². The molecule has 3 rings (SSSR count). The largest absolute Gasteiger partial charge is 0.352 e. The van der Waals surface area contributed by atoms with Crippen LogP contribution in [0.1, 0.15) is 44.6 Å². The summed E-state index contributed by atoms with van der Waals surface area (Å²) in [7, 11) is -4.04. The maximum Gasteiger partial charge on any atom is 0.244 e. The van der Waals surface area contributed by atoms with E-state index in [9.17, 15) is 26.8 Å². The normalized spacial score (nSPS) is 15.2. The van der Waals surface area contributed by atoms with Crippen molar-refractivity contribution in [2.45, 2.75) is 57.7 Å². The average molecular weight is 586 g/mol. The highest BCUT2D eigenvalue weighted by molar-refractivity contribution is 9.10. The third-order valence-electron chi connectivity index (χ3n) is 6.23. The number of hydrogen-bond acceptors (Lipinski definition) is 4. The van der Waals surface area contributed by atoms with E-state index in [0.29, 0.717) is 4.31 Å². The first-order valence-corrected chi connectivity index (χ1v) is 14.4. The van der Waals surface area contributed by atoms with Gasteiger partial charge in [-0.15, -0.1) is 0 Å². The minimum Gasteiger partial charge on any atom is -0.352 e. The van der Waals surface area contributed by atoms with E-state index in [4.69, 9.17) is 0 Å². The van der Waals surface area contributed by atoms with Gasteiger partial charge in [0.2, 0.25) is 21.8 Å². The summed E-state index contributed by atoms with van der Waals surface area (Å²) in [5.41, 5.74) is 0.542. The molecular weight excluding hydrogens is 556 g/mol. The molecule has 2 amide bonds. The zero-order chi connectivity index (χ0) is 26.5. The molecule has 1 aliphatic rings. The molecule has 2 aromatic carbocycles. The highest BCUT2D eigenvalue weighted by Gasteiger charge is 2.31. The van der Waals surface area contributed by atoms with Crippen molar-refractivity contribution in [2.24, 2.45) is 0 Å². The Bertz CT molecular complexity index is 1210. The van der Waals surface area contributed by atoms with Crippen LogP contribution < -0.4 is 9.62 Å². The Balaban J connectivity index is 1.88. The van der Waals surface area contributed by atoms with Gasteiger partial charge in [-0.1, -0.05) is 47.3 Å². The van der Waals surface area contributed by atoms with Gasteiger partial charge in [-0.2, -0.15) is 0 Å². The van der Waals surface area contributed by atoms with Crippen molar-refractivity contribution in [3.63, 3.8) is 0 Å². The lowest BCUT2D eigenvalue weighted by Crippen LogP contribution is -2.53. The number of nitrogens with zero attached hydrogens (tertiary/aromatic N) is 2. The second kappa shape index (κ2) is 12.1. The molecular formula is C25H30BrF2N3O4S. The third kappa shape index (κ3) is 7.49. The van der Waals surface area contributed by atoms with Crippen molar-refractivity contribution in [1.29, 1.82) is 0 Å². The van der Waals surface area contributed by atoms with E-state index in [1.54, 1.807) is 25.1 Å². The molecule has 1 N–H and O–H groups in total. The molecule has 0 heterocycles. The van der Waals surface area contributed by atoms with Gasteiger partial charge >= 0.3 is 0 Å². The van der Waals surface area contributed by atoms with Crippen LogP contribution in [0.3, 0.4) is 0 Å². The van der Waals surface area contributed by atoms with Crippen LogP contribution in [0.25, 0.3) is 0 Å². The summed E-state index contributed by atoms with van der Waals surface area (Å²) in [6.45, 7) is 0.961. The van der Waals surface area contributed by atoms with Crippen molar-refractivity contribution in [1.82, 2.24) is 10.2 Å². The molecule has 1 fully saturated rings. The highest BCUT2D eigenvalue weighted by atomic mass is 79.9. The van der Waals surface area contributed by atoms with Gasteiger partial charge in [0, 0.05) is 23.1 Å². The van der Waals surface area contributed by atoms with Crippen LogP contribution in [0.4, 0.5) is 14.5 Å². The van der Waals surface area contributed by atoms with Gasteiger partial charge in [0.1, 0.15) is 12.6 Å². The van der Waals surface area contributed by atoms with Gasteiger partial charge in [-0.05, 0) is 49.6 Å². The first-order chi connectivity index (χ1) is 17.0. The van der Waals surface area contributed by atoms with Crippen LogP contribution in [0.5, 0.6) is 0 Å². The minimum absolute atomic E-state index is 0.0335. The summed E-state index contributed by atoms with van der Waals surface area (Å²) in [5.74, 6) is -3.36. The Kier molecular flexibility index (Phi) is 9.46. The second-order valence-electron chi connectivity index (χ2n) is 9.04. The molecule has 196 valence electrons. The summed E-state index contributed by atoms with van der Waals surface area (Å²) < 4.78 is 53.8. The first kappa shape index (κ1) is 28.0. The summed E-state index contributed by atoms with van der Waals surface area (Å²) >= 11 is 3.39. The third-order valence-corrected chi connectivity index (χ3v) is 7.86. The molecule has 0 spiro atoms. The van der Waals surface area contributed by atoms with Crippen molar-refractivity contribution in [3.05, 3.63) is 64.1 Å². The number of benzene rings is 2. The molecule has 1 atom stereocenters. The number of rotatable bonds is 9. The van der Waals surface area contributed by atoms with Gasteiger partial charge in [-0.25, -0.2) is 17.2 Å². The lowest BCUT2D eigenvalue weighted by molar-refractivity contribution is -0.139. The standard InChI is InChI=1S/C25H30BrF2N3O4S/c1-17(25(33)29-20-9-4-3-5-10-20)30(15-18-7-6-8-19(26)13-18)24(32)16-31(36(2,34)35)21-11-12-22(27)23(28)14-21/h6-8,11-14,17,20H,3-5,9-10,15-16H2,1-2H3,(H,29,33)/t17-/m1/s1. The summed E-state index contributed by atoms with van der Waals surface area (Å²) in [6.07, 6.45) is 5.79. The van der Waals surface area contributed by atoms with E-state index in [-0.39, 0.29) is 24.2 Å². The summed E-state index contributed by atoms with van der Waals surface area (Å²) in [5, 5.41) is 3.01. The molecule has 2 aromatic rings. The fourth-order valence-electron chi connectivity index (χ4n) is 4.24. The Hall–Kier alpha value is -2.53. The first-order valence-electron chi connectivity index (χ1n) is 11.7. The molecule has 7 nitrogen and oxygen atoms in total. The Morgan fingerprint density at radius 1 is 1.08 bits per heavy atom. The zero-order valence-corrected chi connectivity index (χ0v) is 22.6. The van der Waals surface area contributed by atoms with Crippen LogP contribution in [0, 0.1) is 11.6 Å². The summed E-state index contributed by atoms with van der Waals surface area (Å²) in [6, 6.07) is 8.95. The van der Waals surface area contributed by atoms with Crippen LogP contribution in [0.15, 0.2) is 46.9 Å². The SMILES string of the molecule is C[C@H](C(=O)NC1CCCCC1)N(Cc1cccc(Br)c1)C(=O)CN(c1ccc(F)c(F)c1)S(C)(=O)=O. The van der Waals surface area contributed by atoms with E-state index >= 15 is 0 Å². The number of sulfonamides is 1. The molecule has 1 saturated carbocycles. The van der Waals surface area contributed by atoms with E-state index in [1.807, 2.05) is 6.07 Å². The number of carbonyl (C=O) groups is 2. The quantitative estimate of drug-likeness (QED) is 0.473. The summed E-state index contributed by atoms with van der Waals surface area (Å²) in [4.78, 5) is 27.9. The second-order valence-corrected chi connectivity index (χ2v) is 11.9. The Morgan fingerprint density at radius 2 is 1.78 bits per heavy atom. The fourth-order valence-corrected chi connectivity index (χ4v) is 5.53. The molecule has 0 aromatic heterocycles. The van der Waals surface area contributed by atoms with Crippen LogP contribution in [-0.4, -0.2) is 50.0 Å². The molecule has 11 heteroatoms. The number of halogens is 3. The van der Waals surface area contributed by atoms with Gasteiger partial charge in [0.25, 0.3) is 0 Å². The topological polar surface area (TPSA) is 86.8 Å². The highest BCUT2D eigenvalue weighted by Crippen LogP contribution is 2.23. The zero-order valence-electron chi connectivity index (χ0n) is 20.2. The molecule has 0 bridgehead atoms. The maximum atomic E-state index is 13.9. The molecule has 0 unspecified atom stereocenters. The number of hydrogen-bond donors (Lipinski definition) is 1. The molecule has 0 radical (unpaired) electrons. The smallest absolute Gasteiger partial charge is 0.244 e. The fraction of sp³-hybridized carbons (Fsp3) is 0.440. The minimum atomic E-state index is -4.04. The van der Waals surface area contributed by atoms with E-state index in [0.717, 1.165) is 66.6 Å². The number of carbonyl (C=O) groups excluding carboxylic acids is 2.